The average Bonchev–Trinajstić information content (AvgIpc) is 2.72. The highest BCUT2D eigenvalue weighted by Gasteiger charge is 2.20. The molecule has 2 nitrogen and oxygen atoms in total. The van der Waals surface area contributed by atoms with Crippen LogP contribution >= 0.6 is 15.9 Å². The summed E-state index contributed by atoms with van der Waals surface area (Å²) in [4.78, 5) is 0. The van der Waals surface area contributed by atoms with Crippen molar-refractivity contribution in [3.63, 3.8) is 0 Å². The van der Waals surface area contributed by atoms with Crippen LogP contribution in [0.15, 0.2) is 22.7 Å². The minimum absolute atomic E-state index is 0.710. The summed E-state index contributed by atoms with van der Waals surface area (Å²) < 4.78 is 6.58. The third-order valence-corrected chi connectivity index (χ3v) is 5.25. The van der Waals surface area contributed by atoms with Crippen molar-refractivity contribution in [3.8, 4) is 5.75 Å². The van der Waals surface area contributed by atoms with Crippen molar-refractivity contribution >= 4 is 15.9 Å². The number of hydrogen-bond acceptors (Lipinski definition) is 2. The van der Waals surface area contributed by atoms with E-state index in [4.69, 9.17) is 4.74 Å². The molecule has 21 heavy (non-hydrogen) atoms. The maximum atomic E-state index is 5.36. The Morgan fingerprint density at radius 1 is 1.29 bits per heavy atom. The van der Waals surface area contributed by atoms with Gasteiger partial charge in [-0.05, 0) is 61.9 Å². The van der Waals surface area contributed by atoms with Crippen LogP contribution in [0.4, 0.5) is 0 Å². The van der Waals surface area contributed by atoms with Crippen molar-refractivity contribution in [3.05, 3.63) is 28.2 Å². The average molecular weight is 354 g/mol. The number of nitrogens with one attached hydrogen (secondary N) is 1. The molecule has 1 aromatic rings. The number of benzene rings is 1. The van der Waals surface area contributed by atoms with Gasteiger partial charge in [0.1, 0.15) is 5.75 Å². The molecule has 0 radical (unpaired) electrons. The first-order valence-corrected chi connectivity index (χ1v) is 9.08. The lowest BCUT2D eigenvalue weighted by molar-refractivity contribution is 0.382. The van der Waals surface area contributed by atoms with Gasteiger partial charge in [-0.25, -0.2) is 0 Å². The molecule has 0 aliphatic heterocycles. The van der Waals surface area contributed by atoms with Gasteiger partial charge in [0.05, 0.1) is 7.11 Å². The second kappa shape index (κ2) is 8.79. The summed E-state index contributed by atoms with van der Waals surface area (Å²) in [5.41, 5.74) is 1.38. The summed E-state index contributed by atoms with van der Waals surface area (Å²) in [6, 6.07) is 7.02. The van der Waals surface area contributed by atoms with Crippen LogP contribution in [0.2, 0.25) is 0 Å². The van der Waals surface area contributed by atoms with Gasteiger partial charge < -0.3 is 10.1 Å². The van der Waals surface area contributed by atoms with Crippen LogP contribution in [0, 0.1) is 5.92 Å². The summed E-state index contributed by atoms with van der Waals surface area (Å²) in [6.45, 7) is 3.40. The Morgan fingerprint density at radius 3 is 2.86 bits per heavy atom. The van der Waals surface area contributed by atoms with E-state index in [1.807, 2.05) is 6.07 Å². The van der Waals surface area contributed by atoms with Crippen molar-refractivity contribution in [2.45, 2.75) is 57.9 Å². The fourth-order valence-corrected chi connectivity index (χ4v) is 3.74. The highest BCUT2D eigenvalue weighted by molar-refractivity contribution is 9.10. The van der Waals surface area contributed by atoms with Crippen molar-refractivity contribution in [2.75, 3.05) is 13.7 Å². The van der Waals surface area contributed by atoms with Gasteiger partial charge >= 0.3 is 0 Å². The Morgan fingerprint density at radius 2 is 2.10 bits per heavy atom. The smallest absolute Gasteiger partial charge is 0.119 e. The zero-order chi connectivity index (χ0) is 15.1. The summed E-state index contributed by atoms with van der Waals surface area (Å²) in [7, 11) is 1.74. The monoisotopic (exact) mass is 353 g/mol. The molecule has 1 N–H and O–H groups in total. The van der Waals surface area contributed by atoms with E-state index in [2.05, 4.69) is 40.3 Å². The lowest BCUT2D eigenvalue weighted by Gasteiger charge is -2.22. The minimum atomic E-state index is 0.710. The first-order valence-electron chi connectivity index (χ1n) is 8.28. The number of rotatable bonds is 6. The molecule has 0 spiro atoms. The third-order valence-electron chi connectivity index (χ3n) is 4.48. The van der Waals surface area contributed by atoms with E-state index in [9.17, 15) is 0 Å². The fourth-order valence-electron chi connectivity index (χ4n) is 3.33. The van der Waals surface area contributed by atoms with Crippen LogP contribution < -0.4 is 10.1 Å². The van der Waals surface area contributed by atoms with E-state index in [-0.39, 0.29) is 0 Å². The maximum Gasteiger partial charge on any atom is 0.119 e. The molecule has 1 fully saturated rings. The van der Waals surface area contributed by atoms with Crippen LogP contribution in [-0.4, -0.2) is 19.7 Å². The van der Waals surface area contributed by atoms with Crippen molar-refractivity contribution in [2.24, 2.45) is 5.92 Å². The topological polar surface area (TPSA) is 21.3 Å². The Bertz CT molecular complexity index is 435. The summed E-state index contributed by atoms with van der Waals surface area (Å²) in [5, 5.41) is 3.73. The van der Waals surface area contributed by atoms with E-state index in [0.29, 0.717) is 6.04 Å². The molecule has 2 unspecified atom stereocenters. The molecule has 1 aliphatic carbocycles. The molecule has 0 aromatic heterocycles. The highest BCUT2D eigenvalue weighted by atomic mass is 79.9. The number of ether oxygens (including phenoxy) is 1. The SMILES string of the molecule is CCCNC1CCCCC(Cc2cc(OC)ccc2Br)C1. The fraction of sp³-hybridized carbons (Fsp3) is 0.667. The van der Waals surface area contributed by atoms with Gasteiger partial charge in [0.2, 0.25) is 0 Å². The molecule has 0 amide bonds. The Labute approximate surface area is 137 Å². The quantitative estimate of drug-likeness (QED) is 0.730. The van der Waals surface area contributed by atoms with E-state index < -0.39 is 0 Å². The normalized spacial score (nSPS) is 22.8. The predicted octanol–water partition coefficient (Wildman–Crippen LogP) is 4.95. The molecule has 0 saturated heterocycles. The van der Waals surface area contributed by atoms with Crippen molar-refractivity contribution in [1.29, 1.82) is 0 Å². The molecule has 0 heterocycles. The van der Waals surface area contributed by atoms with E-state index >= 15 is 0 Å². The van der Waals surface area contributed by atoms with Gasteiger partial charge in [-0.2, -0.15) is 0 Å². The predicted molar refractivity (Wildman–Crippen MR) is 93.1 cm³/mol. The first kappa shape index (κ1) is 16.8. The Hall–Kier alpha value is -0.540. The van der Waals surface area contributed by atoms with Crippen molar-refractivity contribution in [1.82, 2.24) is 5.32 Å². The Balaban J connectivity index is 1.99. The zero-order valence-corrected chi connectivity index (χ0v) is 14.9. The van der Waals surface area contributed by atoms with Crippen LogP contribution in [0.3, 0.4) is 0 Å². The van der Waals surface area contributed by atoms with Crippen LogP contribution in [0.25, 0.3) is 0 Å². The van der Waals surface area contributed by atoms with E-state index in [1.54, 1.807) is 7.11 Å². The highest BCUT2D eigenvalue weighted by Crippen LogP contribution is 2.30. The van der Waals surface area contributed by atoms with Gasteiger partial charge in [-0.1, -0.05) is 42.1 Å². The molecule has 118 valence electrons. The maximum absolute atomic E-state index is 5.36. The molecular formula is C18H28BrNO. The van der Waals surface area contributed by atoms with Crippen molar-refractivity contribution < 1.29 is 4.74 Å². The number of methoxy groups -OCH3 is 1. The van der Waals surface area contributed by atoms with E-state index in [0.717, 1.165) is 24.6 Å². The van der Waals surface area contributed by atoms with E-state index in [1.165, 1.54) is 48.6 Å². The first-order chi connectivity index (χ1) is 10.2. The molecule has 1 aliphatic rings. The van der Waals surface area contributed by atoms with Gasteiger partial charge in [-0.15, -0.1) is 0 Å². The minimum Gasteiger partial charge on any atom is -0.497 e. The molecule has 2 atom stereocenters. The van der Waals surface area contributed by atoms with Gasteiger partial charge in [0, 0.05) is 10.5 Å². The standard InChI is InChI=1S/C18H28BrNO/c1-3-10-20-16-7-5-4-6-14(12-16)11-15-13-17(21-2)8-9-18(15)19/h8-9,13-14,16,20H,3-7,10-12H2,1-2H3. The van der Waals surface area contributed by atoms with Gasteiger partial charge in [0.25, 0.3) is 0 Å². The third kappa shape index (κ3) is 5.30. The molecule has 1 saturated carbocycles. The largest absolute Gasteiger partial charge is 0.497 e. The van der Waals surface area contributed by atoms with Crippen LogP contribution in [-0.2, 0) is 6.42 Å². The molecule has 1 aromatic carbocycles. The summed E-state index contributed by atoms with van der Waals surface area (Å²) in [5.74, 6) is 1.74. The second-order valence-corrected chi connectivity index (χ2v) is 7.05. The molecule has 2 rings (SSSR count). The Kier molecular flexibility index (Phi) is 7.05. The van der Waals surface area contributed by atoms with Gasteiger partial charge in [0.15, 0.2) is 0 Å². The summed E-state index contributed by atoms with van der Waals surface area (Å²) in [6.07, 6.45) is 9.13. The summed E-state index contributed by atoms with van der Waals surface area (Å²) >= 11 is 3.69. The second-order valence-electron chi connectivity index (χ2n) is 6.20. The number of hydrogen-bond donors (Lipinski definition) is 1. The molecule has 0 bridgehead atoms. The number of halogens is 1. The molecule has 3 heteroatoms. The van der Waals surface area contributed by atoms with Crippen LogP contribution in [0.1, 0.15) is 51.0 Å². The molecular weight excluding hydrogens is 326 g/mol. The van der Waals surface area contributed by atoms with Gasteiger partial charge in [-0.3, -0.25) is 0 Å². The lowest BCUT2D eigenvalue weighted by Crippen LogP contribution is -2.31. The zero-order valence-electron chi connectivity index (χ0n) is 13.3. The lowest BCUT2D eigenvalue weighted by atomic mass is 9.91. The van der Waals surface area contributed by atoms with Crippen LogP contribution in [0.5, 0.6) is 5.75 Å².